The maximum absolute atomic E-state index is 9.74. The summed E-state index contributed by atoms with van der Waals surface area (Å²) in [6.45, 7) is 0.628. The normalized spacial score (nSPS) is 24.6. The van der Waals surface area contributed by atoms with E-state index in [1.807, 2.05) is 18.2 Å². The van der Waals surface area contributed by atoms with Gasteiger partial charge >= 0.3 is 0 Å². The maximum atomic E-state index is 9.74. The van der Waals surface area contributed by atoms with Gasteiger partial charge in [0.2, 0.25) is 0 Å². The minimum Gasteiger partial charge on any atom is -0.391 e. The summed E-state index contributed by atoms with van der Waals surface area (Å²) in [5.74, 6) is 0. The van der Waals surface area contributed by atoms with Crippen LogP contribution in [0.2, 0.25) is 0 Å². The Hall–Kier alpha value is -1.06. The van der Waals surface area contributed by atoms with Crippen LogP contribution in [0.4, 0.5) is 5.69 Å². The first kappa shape index (κ1) is 11.4. The van der Waals surface area contributed by atoms with E-state index >= 15 is 0 Å². The minimum absolute atomic E-state index is 0.203. The third-order valence-corrected chi connectivity index (χ3v) is 3.07. The van der Waals surface area contributed by atoms with Crippen LogP contribution in [0.5, 0.6) is 0 Å². The van der Waals surface area contributed by atoms with Gasteiger partial charge in [0.05, 0.1) is 18.8 Å². The standard InChI is InChI=1S/C13H19NO2/c1-16-9-10-4-2-5-11(8-10)14-12-6-3-7-13(12)15/h2,4-5,8,12-15H,3,6-7,9H2,1H3. The number of aliphatic hydroxyl groups is 1. The molecule has 0 heterocycles. The first-order chi connectivity index (χ1) is 7.79. The van der Waals surface area contributed by atoms with Crippen molar-refractivity contribution in [1.29, 1.82) is 0 Å². The molecule has 2 N–H and O–H groups in total. The summed E-state index contributed by atoms with van der Waals surface area (Å²) >= 11 is 0. The van der Waals surface area contributed by atoms with Crippen molar-refractivity contribution in [3.05, 3.63) is 29.8 Å². The molecule has 2 rings (SSSR count). The van der Waals surface area contributed by atoms with E-state index in [-0.39, 0.29) is 12.1 Å². The lowest BCUT2D eigenvalue weighted by Crippen LogP contribution is -2.27. The predicted molar refractivity (Wildman–Crippen MR) is 64.4 cm³/mol. The topological polar surface area (TPSA) is 41.5 Å². The van der Waals surface area contributed by atoms with Crippen LogP contribution < -0.4 is 5.32 Å². The van der Waals surface area contributed by atoms with E-state index in [2.05, 4.69) is 11.4 Å². The summed E-state index contributed by atoms with van der Waals surface area (Å²) < 4.78 is 5.10. The monoisotopic (exact) mass is 221 g/mol. The molecule has 1 fully saturated rings. The molecule has 0 aliphatic heterocycles. The van der Waals surface area contributed by atoms with E-state index in [9.17, 15) is 5.11 Å². The number of methoxy groups -OCH3 is 1. The number of hydrogen-bond donors (Lipinski definition) is 2. The lowest BCUT2D eigenvalue weighted by molar-refractivity contribution is 0.172. The molecule has 0 bridgehead atoms. The van der Waals surface area contributed by atoms with Crippen LogP contribution in [0.15, 0.2) is 24.3 Å². The summed E-state index contributed by atoms with van der Waals surface area (Å²) in [7, 11) is 1.70. The minimum atomic E-state index is -0.203. The second-order valence-electron chi connectivity index (χ2n) is 4.38. The second-order valence-corrected chi connectivity index (χ2v) is 4.38. The highest BCUT2D eigenvalue weighted by Crippen LogP contribution is 2.23. The zero-order valence-corrected chi connectivity index (χ0v) is 9.65. The Morgan fingerprint density at radius 1 is 1.44 bits per heavy atom. The van der Waals surface area contributed by atoms with Crippen LogP contribution in [0.1, 0.15) is 24.8 Å². The fourth-order valence-electron chi connectivity index (χ4n) is 2.24. The molecule has 2 unspecified atom stereocenters. The van der Waals surface area contributed by atoms with E-state index in [1.165, 1.54) is 0 Å². The number of benzene rings is 1. The number of nitrogens with one attached hydrogen (secondary N) is 1. The SMILES string of the molecule is COCc1cccc(NC2CCCC2O)c1. The highest BCUT2D eigenvalue weighted by molar-refractivity contribution is 5.46. The van der Waals surface area contributed by atoms with Crippen molar-refractivity contribution in [2.45, 2.75) is 38.0 Å². The first-order valence-corrected chi connectivity index (χ1v) is 5.82. The number of anilines is 1. The summed E-state index contributed by atoms with van der Waals surface area (Å²) in [6, 6.07) is 8.37. The van der Waals surface area contributed by atoms with Gasteiger partial charge in [-0.3, -0.25) is 0 Å². The van der Waals surface area contributed by atoms with Gasteiger partial charge in [-0.05, 0) is 37.0 Å². The highest BCUT2D eigenvalue weighted by Gasteiger charge is 2.24. The van der Waals surface area contributed by atoms with Crippen molar-refractivity contribution >= 4 is 5.69 Å². The van der Waals surface area contributed by atoms with Crippen LogP contribution in [-0.2, 0) is 11.3 Å². The van der Waals surface area contributed by atoms with Crippen molar-refractivity contribution in [1.82, 2.24) is 0 Å². The average Bonchev–Trinajstić information content (AvgIpc) is 2.66. The molecule has 0 aromatic heterocycles. The third-order valence-electron chi connectivity index (χ3n) is 3.07. The van der Waals surface area contributed by atoms with E-state index in [0.717, 1.165) is 30.5 Å². The van der Waals surface area contributed by atoms with Crippen LogP contribution >= 0.6 is 0 Å². The van der Waals surface area contributed by atoms with Gasteiger partial charge in [0.15, 0.2) is 0 Å². The van der Waals surface area contributed by atoms with Crippen LogP contribution in [0, 0.1) is 0 Å². The molecule has 16 heavy (non-hydrogen) atoms. The lowest BCUT2D eigenvalue weighted by Gasteiger charge is -2.18. The molecule has 1 aromatic carbocycles. The Labute approximate surface area is 96.4 Å². The third kappa shape index (κ3) is 2.74. The quantitative estimate of drug-likeness (QED) is 0.818. The second kappa shape index (κ2) is 5.32. The Balaban J connectivity index is 2.00. The molecule has 0 radical (unpaired) electrons. The lowest BCUT2D eigenvalue weighted by atomic mass is 10.1. The molecule has 1 aliphatic carbocycles. The number of ether oxygens (including phenoxy) is 1. The van der Waals surface area contributed by atoms with Gasteiger partial charge in [-0.25, -0.2) is 0 Å². The Morgan fingerprint density at radius 2 is 2.31 bits per heavy atom. The summed E-state index contributed by atoms with van der Waals surface area (Å²) in [5, 5.41) is 13.1. The van der Waals surface area contributed by atoms with E-state index in [0.29, 0.717) is 6.61 Å². The van der Waals surface area contributed by atoms with Gasteiger partial charge in [0.1, 0.15) is 0 Å². The molecule has 0 amide bonds. The van der Waals surface area contributed by atoms with Crippen molar-refractivity contribution in [3.8, 4) is 0 Å². The molecule has 1 aromatic rings. The zero-order valence-electron chi connectivity index (χ0n) is 9.65. The molecule has 88 valence electrons. The van der Waals surface area contributed by atoms with E-state index in [4.69, 9.17) is 4.74 Å². The first-order valence-electron chi connectivity index (χ1n) is 5.82. The van der Waals surface area contributed by atoms with Gasteiger partial charge in [-0.15, -0.1) is 0 Å². The van der Waals surface area contributed by atoms with Crippen LogP contribution in [0.25, 0.3) is 0 Å². The van der Waals surface area contributed by atoms with E-state index in [1.54, 1.807) is 7.11 Å². The van der Waals surface area contributed by atoms with Crippen molar-refractivity contribution in [2.24, 2.45) is 0 Å². The molecule has 3 nitrogen and oxygen atoms in total. The largest absolute Gasteiger partial charge is 0.391 e. The number of rotatable bonds is 4. The smallest absolute Gasteiger partial charge is 0.0741 e. The summed E-state index contributed by atoms with van der Waals surface area (Å²) in [5.41, 5.74) is 2.22. The molecule has 3 heteroatoms. The van der Waals surface area contributed by atoms with Crippen molar-refractivity contribution in [3.63, 3.8) is 0 Å². The maximum Gasteiger partial charge on any atom is 0.0741 e. The van der Waals surface area contributed by atoms with Crippen LogP contribution in [0.3, 0.4) is 0 Å². The predicted octanol–water partition coefficient (Wildman–Crippen LogP) is 2.16. The molecular weight excluding hydrogens is 202 g/mol. The number of aliphatic hydroxyl groups excluding tert-OH is 1. The van der Waals surface area contributed by atoms with Crippen LogP contribution in [-0.4, -0.2) is 24.4 Å². The summed E-state index contributed by atoms with van der Waals surface area (Å²) in [4.78, 5) is 0. The number of hydrogen-bond acceptors (Lipinski definition) is 3. The van der Waals surface area contributed by atoms with Crippen molar-refractivity contribution < 1.29 is 9.84 Å². The van der Waals surface area contributed by atoms with Gasteiger partial charge in [-0.2, -0.15) is 0 Å². The highest BCUT2D eigenvalue weighted by atomic mass is 16.5. The van der Waals surface area contributed by atoms with Gasteiger partial charge in [0.25, 0.3) is 0 Å². The molecule has 1 aliphatic rings. The fourth-order valence-corrected chi connectivity index (χ4v) is 2.24. The Bertz CT molecular complexity index is 340. The molecule has 1 saturated carbocycles. The summed E-state index contributed by atoms with van der Waals surface area (Å²) in [6.07, 6.45) is 2.87. The molecule has 2 atom stereocenters. The van der Waals surface area contributed by atoms with E-state index < -0.39 is 0 Å². The zero-order chi connectivity index (χ0) is 11.4. The Kier molecular flexibility index (Phi) is 3.80. The van der Waals surface area contributed by atoms with Gasteiger partial charge < -0.3 is 15.2 Å². The van der Waals surface area contributed by atoms with Gasteiger partial charge in [-0.1, -0.05) is 12.1 Å². The molecular formula is C13H19NO2. The Morgan fingerprint density at radius 3 is 3.00 bits per heavy atom. The van der Waals surface area contributed by atoms with Gasteiger partial charge in [0, 0.05) is 12.8 Å². The average molecular weight is 221 g/mol. The molecule has 0 spiro atoms. The fraction of sp³-hybridized carbons (Fsp3) is 0.538. The van der Waals surface area contributed by atoms with Crippen molar-refractivity contribution in [2.75, 3.05) is 12.4 Å². The molecule has 0 saturated heterocycles.